The van der Waals surface area contributed by atoms with E-state index in [4.69, 9.17) is 4.42 Å². The Morgan fingerprint density at radius 1 is 1.17 bits per heavy atom. The highest BCUT2D eigenvalue weighted by Gasteiger charge is 2.21. The van der Waals surface area contributed by atoms with Crippen molar-refractivity contribution in [3.8, 4) is 0 Å². The van der Waals surface area contributed by atoms with Gasteiger partial charge in [0.05, 0.1) is 24.9 Å². The molecule has 1 N–H and O–H groups in total. The predicted molar refractivity (Wildman–Crippen MR) is 104 cm³/mol. The quantitative estimate of drug-likeness (QED) is 0.627. The Bertz CT molecular complexity index is 1080. The summed E-state index contributed by atoms with van der Waals surface area (Å²) in [6.07, 6.45) is 0.647. The fourth-order valence-electron chi connectivity index (χ4n) is 3.04. The van der Waals surface area contributed by atoms with Crippen LogP contribution >= 0.6 is 0 Å². The van der Waals surface area contributed by atoms with Crippen molar-refractivity contribution in [2.75, 3.05) is 19.5 Å². The predicted octanol–water partition coefficient (Wildman–Crippen LogP) is 4.72. The van der Waals surface area contributed by atoms with Gasteiger partial charge in [-0.2, -0.15) is 0 Å². The van der Waals surface area contributed by atoms with Gasteiger partial charge < -0.3 is 19.4 Å². The summed E-state index contributed by atoms with van der Waals surface area (Å²) in [4.78, 5) is 25.5. The lowest BCUT2D eigenvalue weighted by atomic mass is 10.1. The van der Waals surface area contributed by atoms with E-state index in [0.717, 1.165) is 35.5 Å². The maximum absolute atomic E-state index is 14.1. The summed E-state index contributed by atoms with van der Waals surface area (Å²) in [5, 5.41) is 3.25. The van der Waals surface area contributed by atoms with Crippen molar-refractivity contribution in [1.82, 2.24) is 4.90 Å². The summed E-state index contributed by atoms with van der Waals surface area (Å²) in [7, 11) is 2.62. The molecule has 3 aromatic rings. The van der Waals surface area contributed by atoms with Crippen molar-refractivity contribution in [2.45, 2.75) is 19.9 Å². The number of furan rings is 1. The molecule has 2 aromatic carbocycles. The van der Waals surface area contributed by atoms with Gasteiger partial charge in [0.2, 0.25) is 0 Å². The third-order valence-corrected chi connectivity index (χ3v) is 4.55. The van der Waals surface area contributed by atoms with Crippen LogP contribution in [-0.4, -0.2) is 31.1 Å². The lowest BCUT2D eigenvalue weighted by Gasteiger charge is -2.19. The highest BCUT2D eigenvalue weighted by atomic mass is 19.1. The molecule has 0 fully saturated rings. The van der Waals surface area contributed by atoms with Gasteiger partial charge in [0.25, 0.3) is 0 Å². The van der Waals surface area contributed by atoms with Crippen LogP contribution in [0.15, 0.2) is 40.8 Å². The summed E-state index contributed by atoms with van der Waals surface area (Å²) in [5.74, 6) is -2.28. The van der Waals surface area contributed by atoms with Crippen molar-refractivity contribution in [3.05, 3.63) is 64.9 Å². The Hall–Kier alpha value is -3.42. The highest BCUT2D eigenvalue weighted by Crippen LogP contribution is 2.28. The van der Waals surface area contributed by atoms with Crippen LogP contribution in [0.5, 0.6) is 0 Å². The number of hydrogen-bond donors (Lipinski definition) is 1. The zero-order valence-electron chi connectivity index (χ0n) is 16.2. The second-order valence-electron chi connectivity index (χ2n) is 6.44. The summed E-state index contributed by atoms with van der Waals surface area (Å²) >= 11 is 0. The third-order valence-electron chi connectivity index (χ3n) is 4.55. The van der Waals surface area contributed by atoms with Crippen LogP contribution in [-0.2, 0) is 17.7 Å². The molecule has 0 bridgehead atoms. The number of urea groups is 1. The van der Waals surface area contributed by atoms with Gasteiger partial charge in [0.15, 0.2) is 0 Å². The molecule has 0 atom stereocenters. The van der Waals surface area contributed by atoms with Crippen LogP contribution in [0.3, 0.4) is 0 Å². The van der Waals surface area contributed by atoms with Gasteiger partial charge in [-0.05, 0) is 12.1 Å². The Labute approximate surface area is 166 Å². The molecule has 0 unspecified atom stereocenters. The van der Waals surface area contributed by atoms with Crippen molar-refractivity contribution in [2.24, 2.45) is 0 Å². The first-order valence-corrected chi connectivity index (χ1v) is 8.94. The summed E-state index contributed by atoms with van der Waals surface area (Å²) in [6.45, 7) is 2.17. The summed E-state index contributed by atoms with van der Waals surface area (Å²) in [5.41, 5.74) is 0.786. The van der Waals surface area contributed by atoms with Crippen LogP contribution in [0.2, 0.25) is 0 Å². The Morgan fingerprint density at radius 3 is 2.59 bits per heavy atom. The number of amides is 2. The van der Waals surface area contributed by atoms with Crippen LogP contribution in [0.25, 0.3) is 11.0 Å². The average molecular weight is 402 g/mol. The largest absolute Gasteiger partial charge is 0.465 e. The lowest BCUT2D eigenvalue weighted by Crippen LogP contribution is -2.31. The van der Waals surface area contributed by atoms with E-state index in [1.165, 1.54) is 4.90 Å². The number of rotatable bonds is 5. The molecule has 0 saturated carbocycles. The molecule has 0 aliphatic rings. The molecule has 152 valence electrons. The normalized spacial score (nSPS) is 10.8. The van der Waals surface area contributed by atoms with Gasteiger partial charge >= 0.3 is 12.0 Å². The number of aryl methyl sites for hydroxylation is 1. The number of hydrogen-bond acceptors (Lipinski definition) is 4. The molecule has 8 heteroatoms. The first-order valence-electron chi connectivity index (χ1n) is 8.94. The number of carbonyl (C=O) groups excluding carboxylic acids is 2. The number of carbonyl (C=O) groups is 2. The average Bonchev–Trinajstić information content (AvgIpc) is 3.06. The number of halogens is 2. The molecule has 2 amide bonds. The SMILES string of the molecule is CCc1oc2ccccc2c1CN(C)C(=O)Nc1cc(C(=O)OC)c(F)cc1F. The van der Waals surface area contributed by atoms with E-state index in [1.807, 2.05) is 31.2 Å². The van der Waals surface area contributed by atoms with Crippen molar-refractivity contribution in [1.29, 1.82) is 0 Å². The number of fused-ring (bicyclic) bond motifs is 1. The second kappa shape index (κ2) is 8.30. The van der Waals surface area contributed by atoms with E-state index in [0.29, 0.717) is 12.5 Å². The summed E-state index contributed by atoms with van der Waals surface area (Å²) in [6, 6.07) is 8.30. The molecular formula is C21H20F2N2O4. The first kappa shape index (κ1) is 20.3. The molecule has 0 radical (unpaired) electrons. The van der Waals surface area contributed by atoms with Crippen LogP contribution in [0.4, 0.5) is 19.3 Å². The molecule has 0 saturated heterocycles. The molecule has 29 heavy (non-hydrogen) atoms. The number of methoxy groups -OCH3 is 1. The molecular weight excluding hydrogens is 382 g/mol. The maximum atomic E-state index is 14.1. The van der Waals surface area contributed by atoms with E-state index in [2.05, 4.69) is 10.1 Å². The molecule has 0 aliphatic carbocycles. The van der Waals surface area contributed by atoms with Crippen LogP contribution in [0.1, 0.15) is 28.6 Å². The van der Waals surface area contributed by atoms with Gasteiger partial charge in [0, 0.05) is 30.5 Å². The fourth-order valence-corrected chi connectivity index (χ4v) is 3.04. The van der Waals surface area contributed by atoms with E-state index in [9.17, 15) is 18.4 Å². The Kier molecular flexibility index (Phi) is 5.81. The number of anilines is 1. The number of nitrogens with one attached hydrogen (secondary N) is 1. The molecule has 0 spiro atoms. The molecule has 1 heterocycles. The van der Waals surface area contributed by atoms with E-state index < -0.39 is 29.2 Å². The number of para-hydroxylation sites is 1. The highest BCUT2D eigenvalue weighted by molar-refractivity contribution is 5.94. The Morgan fingerprint density at radius 2 is 1.90 bits per heavy atom. The fraction of sp³-hybridized carbons (Fsp3) is 0.238. The molecule has 6 nitrogen and oxygen atoms in total. The van der Waals surface area contributed by atoms with Crippen molar-refractivity contribution < 1.29 is 27.5 Å². The number of ether oxygens (including phenoxy) is 1. The lowest BCUT2D eigenvalue weighted by molar-refractivity contribution is 0.0595. The monoisotopic (exact) mass is 402 g/mol. The van der Waals surface area contributed by atoms with Crippen LogP contribution in [0, 0.1) is 11.6 Å². The zero-order chi connectivity index (χ0) is 21.1. The number of esters is 1. The topological polar surface area (TPSA) is 71.8 Å². The van der Waals surface area contributed by atoms with Crippen molar-refractivity contribution >= 4 is 28.7 Å². The Balaban J connectivity index is 1.83. The summed E-state index contributed by atoms with van der Waals surface area (Å²) < 4.78 is 38.1. The minimum absolute atomic E-state index is 0.221. The van der Waals surface area contributed by atoms with Gasteiger partial charge in [-0.25, -0.2) is 18.4 Å². The van der Waals surface area contributed by atoms with E-state index >= 15 is 0 Å². The van der Waals surface area contributed by atoms with Crippen molar-refractivity contribution in [3.63, 3.8) is 0 Å². The second-order valence-corrected chi connectivity index (χ2v) is 6.44. The third kappa shape index (κ3) is 4.06. The molecule has 3 rings (SSSR count). The standard InChI is InChI=1S/C21H20F2N2O4/c1-4-18-14(12-7-5-6-8-19(12)29-18)11-25(2)21(27)24-17-9-13(20(26)28-3)15(22)10-16(17)23/h5-10H,4,11H2,1-3H3,(H,24,27). The zero-order valence-corrected chi connectivity index (χ0v) is 16.2. The minimum Gasteiger partial charge on any atom is -0.465 e. The van der Waals surface area contributed by atoms with Gasteiger partial charge in [-0.3, -0.25) is 0 Å². The molecule has 1 aromatic heterocycles. The van der Waals surface area contributed by atoms with Crippen LogP contribution < -0.4 is 5.32 Å². The maximum Gasteiger partial charge on any atom is 0.340 e. The van der Waals surface area contributed by atoms with Gasteiger partial charge in [-0.1, -0.05) is 25.1 Å². The van der Waals surface area contributed by atoms with Gasteiger partial charge in [-0.15, -0.1) is 0 Å². The first-order chi connectivity index (χ1) is 13.8. The minimum atomic E-state index is -1.07. The smallest absolute Gasteiger partial charge is 0.340 e. The van der Waals surface area contributed by atoms with E-state index in [1.54, 1.807) is 7.05 Å². The number of nitrogens with zero attached hydrogens (tertiary/aromatic N) is 1. The number of benzene rings is 2. The van der Waals surface area contributed by atoms with Gasteiger partial charge in [0.1, 0.15) is 23.0 Å². The molecule has 0 aliphatic heterocycles. The van der Waals surface area contributed by atoms with E-state index in [-0.39, 0.29) is 12.2 Å².